The molecule has 2 aromatic carbocycles. The van der Waals surface area contributed by atoms with Crippen LogP contribution >= 0.6 is 15.9 Å². The first-order valence-electron chi connectivity index (χ1n) is 8.01. The number of amides is 1. The molecule has 136 valence electrons. The minimum Gasteiger partial charge on any atom is -0.424 e. The molecule has 27 heavy (non-hydrogen) atoms. The molecule has 3 rings (SSSR count). The summed E-state index contributed by atoms with van der Waals surface area (Å²) in [6.45, 7) is 1.84. The number of hydrogen-bond donors (Lipinski definition) is 1. The molecule has 0 aliphatic carbocycles. The van der Waals surface area contributed by atoms with Crippen LogP contribution in [0.5, 0.6) is 11.8 Å². The van der Waals surface area contributed by atoms with Crippen molar-refractivity contribution in [3.8, 4) is 11.8 Å². The predicted molar refractivity (Wildman–Crippen MR) is 105 cm³/mol. The molecule has 0 radical (unpaired) electrons. The van der Waals surface area contributed by atoms with Crippen LogP contribution in [-0.4, -0.2) is 15.9 Å². The second kappa shape index (κ2) is 8.55. The third-order valence-corrected chi connectivity index (χ3v) is 4.07. The Morgan fingerprint density at radius 3 is 2.70 bits per heavy atom. The molecule has 0 spiro atoms. The van der Waals surface area contributed by atoms with Crippen LogP contribution in [0.2, 0.25) is 0 Å². The molecule has 5 nitrogen and oxygen atoms in total. The Labute approximate surface area is 164 Å². The SMILES string of the molecule is Cc1cc(Oc2ncccn2)ccc1NC(=O)/C=C\c1cc(Br)ccc1F. The van der Waals surface area contributed by atoms with Gasteiger partial charge >= 0.3 is 6.01 Å². The number of carbonyl (C=O) groups excluding carboxylic acids is 1. The summed E-state index contributed by atoms with van der Waals surface area (Å²) in [6, 6.07) is 11.7. The van der Waals surface area contributed by atoms with E-state index in [1.807, 2.05) is 6.92 Å². The number of benzene rings is 2. The summed E-state index contributed by atoms with van der Waals surface area (Å²) in [5, 5.41) is 2.76. The maximum absolute atomic E-state index is 13.7. The molecule has 0 aliphatic rings. The fraction of sp³-hybridized carbons (Fsp3) is 0.0500. The number of carbonyl (C=O) groups is 1. The molecular weight excluding hydrogens is 413 g/mol. The highest BCUT2D eigenvalue weighted by atomic mass is 79.9. The molecule has 1 heterocycles. The number of halogens is 2. The van der Waals surface area contributed by atoms with Crippen molar-refractivity contribution >= 4 is 33.6 Å². The summed E-state index contributed by atoms with van der Waals surface area (Å²) in [6.07, 6.45) is 5.88. The molecule has 0 bridgehead atoms. The minimum absolute atomic E-state index is 0.243. The maximum Gasteiger partial charge on any atom is 0.321 e. The van der Waals surface area contributed by atoms with Crippen molar-refractivity contribution in [2.75, 3.05) is 5.32 Å². The van der Waals surface area contributed by atoms with Crippen molar-refractivity contribution in [3.63, 3.8) is 0 Å². The van der Waals surface area contributed by atoms with E-state index < -0.39 is 5.82 Å². The molecule has 3 aromatic rings. The Kier molecular flexibility index (Phi) is 5.93. The topological polar surface area (TPSA) is 64.1 Å². The second-order valence-electron chi connectivity index (χ2n) is 5.60. The zero-order chi connectivity index (χ0) is 19.2. The van der Waals surface area contributed by atoms with Crippen LogP contribution in [0.15, 0.2) is 65.4 Å². The number of ether oxygens (including phenoxy) is 1. The van der Waals surface area contributed by atoms with Gasteiger partial charge in [-0.05, 0) is 61.0 Å². The lowest BCUT2D eigenvalue weighted by Crippen LogP contribution is -2.09. The number of nitrogens with zero attached hydrogens (tertiary/aromatic N) is 2. The van der Waals surface area contributed by atoms with E-state index in [0.29, 0.717) is 17.0 Å². The highest BCUT2D eigenvalue weighted by molar-refractivity contribution is 9.10. The molecular formula is C20H15BrFN3O2. The van der Waals surface area contributed by atoms with Gasteiger partial charge in [-0.2, -0.15) is 0 Å². The average Bonchev–Trinajstić information content (AvgIpc) is 2.65. The van der Waals surface area contributed by atoms with E-state index in [4.69, 9.17) is 4.74 Å². The average molecular weight is 428 g/mol. The lowest BCUT2D eigenvalue weighted by atomic mass is 10.1. The van der Waals surface area contributed by atoms with Gasteiger partial charge < -0.3 is 10.1 Å². The zero-order valence-corrected chi connectivity index (χ0v) is 15.9. The van der Waals surface area contributed by atoms with Crippen molar-refractivity contribution in [2.45, 2.75) is 6.92 Å². The molecule has 0 unspecified atom stereocenters. The van der Waals surface area contributed by atoms with Crippen LogP contribution in [0.3, 0.4) is 0 Å². The first-order valence-corrected chi connectivity index (χ1v) is 8.80. The van der Waals surface area contributed by atoms with Gasteiger partial charge in [-0.1, -0.05) is 15.9 Å². The monoisotopic (exact) mass is 427 g/mol. The van der Waals surface area contributed by atoms with E-state index in [9.17, 15) is 9.18 Å². The van der Waals surface area contributed by atoms with E-state index in [1.54, 1.807) is 48.8 Å². The van der Waals surface area contributed by atoms with Crippen molar-refractivity contribution in [2.24, 2.45) is 0 Å². The summed E-state index contributed by atoms with van der Waals surface area (Å²) < 4.78 is 20.0. The summed E-state index contributed by atoms with van der Waals surface area (Å²) in [4.78, 5) is 20.1. The Bertz CT molecular complexity index is 994. The van der Waals surface area contributed by atoms with Crippen molar-refractivity contribution < 1.29 is 13.9 Å². The zero-order valence-electron chi connectivity index (χ0n) is 14.3. The first-order chi connectivity index (χ1) is 13.0. The van der Waals surface area contributed by atoms with Gasteiger partial charge in [0, 0.05) is 34.2 Å². The van der Waals surface area contributed by atoms with Gasteiger partial charge in [0.05, 0.1) is 0 Å². The molecule has 1 amide bonds. The molecule has 7 heteroatoms. The third kappa shape index (κ3) is 5.21. The quantitative estimate of drug-likeness (QED) is 0.573. The second-order valence-corrected chi connectivity index (χ2v) is 6.51. The Hall–Kier alpha value is -3.06. The van der Waals surface area contributed by atoms with Crippen LogP contribution in [0, 0.1) is 12.7 Å². The largest absolute Gasteiger partial charge is 0.424 e. The van der Waals surface area contributed by atoms with Gasteiger partial charge in [0.25, 0.3) is 0 Å². The highest BCUT2D eigenvalue weighted by Crippen LogP contribution is 2.24. The fourth-order valence-electron chi connectivity index (χ4n) is 2.27. The number of aromatic nitrogens is 2. The fourth-order valence-corrected chi connectivity index (χ4v) is 2.64. The molecule has 0 atom stereocenters. The molecule has 0 saturated heterocycles. The van der Waals surface area contributed by atoms with Crippen LogP contribution in [0.1, 0.15) is 11.1 Å². The van der Waals surface area contributed by atoms with Gasteiger partial charge in [-0.15, -0.1) is 0 Å². The number of aryl methyl sites for hydroxylation is 1. The molecule has 0 aliphatic heterocycles. The van der Waals surface area contributed by atoms with Crippen LogP contribution in [0.25, 0.3) is 6.08 Å². The van der Waals surface area contributed by atoms with E-state index in [0.717, 1.165) is 10.0 Å². The van der Waals surface area contributed by atoms with Gasteiger partial charge in [0.2, 0.25) is 5.91 Å². The molecule has 1 N–H and O–H groups in total. The van der Waals surface area contributed by atoms with E-state index in [2.05, 4.69) is 31.2 Å². The summed E-state index contributed by atoms with van der Waals surface area (Å²) in [7, 11) is 0. The summed E-state index contributed by atoms with van der Waals surface area (Å²) in [5.74, 6) is -0.205. The van der Waals surface area contributed by atoms with Crippen LogP contribution < -0.4 is 10.1 Å². The normalized spacial score (nSPS) is 10.8. The summed E-state index contributed by atoms with van der Waals surface area (Å²) >= 11 is 3.28. The van der Waals surface area contributed by atoms with Crippen LogP contribution in [0.4, 0.5) is 10.1 Å². The van der Waals surface area contributed by atoms with Crippen molar-refractivity contribution in [1.29, 1.82) is 0 Å². The lowest BCUT2D eigenvalue weighted by molar-refractivity contribution is -0.111. The van der Waals surface area contributed by atoms with E-state index in [-0.39, 0.29) is 11.9 Å². The number of nitrogens with one attached hydrogen (secondary N) is 1. The van der Waals surface area contributed by atoms with E-state index in [1.165, 1.54) is 18.2 Å². The van der Waals surface area contributed by atoms with E-state index >= 15 is 0 Å². The van der Waals surface area contributed by atoms with Gasteiger partial charge in [0.15, 0.2) is 0 Å². The smallest absolute Gasteiger partial charge is 0.321 e. The molecule has 0 fully saturated rings. The minimum atomic E-state index is -0.400. The van der Waals surface area contributed by atoms with Crippen LogP contribution in [-0.2, 0) is 4.79 Å². The Balaban J connectivity index is 1.67. The lowest BCUT2D eigenvalue weighted by Gasteiger charge is -2.09. The van der Waals surface area contributed by atoms with Gasteiger partial charge in [0.1, 0.15) is 11.6 Å². The number of anilines is 1. The summed E-state index contributed by atoms with van der Waals surface area (Å²) in [5.41, 5.74) is 1.75. The Morgan fingerprint density at radius 2 is 1.96 bits per heavy atom. The number of hydrogen-bond acceptors (Lipinski definition) is 4. The number of rotatable bonds is 5. The van der Waals surface area contributed by atoms with Crippen molar-refractivity contribution in [1.82, 2.24) is 9.97 Å². The molecule has 0 saturated carbocycles. The third-order valence-electron chi connectivity index (χ3n) is 3.58. The van der Waals surface area contributed by atoms with Gasteiger partial charge in [-0.3, -0.25) is 4.79 Å². The Morgan fingerprint density at radius 1 is 1.19 bits per heavy atom. The maximum atomic E-state index is 13.7. The first kappa shape index (κ1) is 18.7. The highest BCUT2D eigenvalue weighted by Gasteiger charge is 2.06. The standard InChI is InChI=1S/C20H15BrFN3O2/c1-13-11-16(27-20-23-9-2-10-24-20)5-7-18(13)25-19(26)8-3-14-12-15(21)4-6-17(14)22/h2-12H,1H3,(H,25,26)/b8-3-. The van der Waals surface area contributed by atoms with Crippen molar-refractivity contribution in [3.05, 3.63) is 82.4 Å². The molecule has 1 aromatic heterocycles. The predicted octanol–water partition coefficient (Wildman–Crippen LogP) is 5.13. The van der Waals surface area contributed by atoms with Gasteiger partial charge in [-0.25, -0.2) is 14.4 Å².